The Morgan fingerprint density at radius 3 is 2.73 bits per heavy atom. The standard InChI is InChI=1S/C17H25BrN2O.ClH/c1-19-10-7-14-8-11-20(12-9-14)17(21)6-5-15-3-2-4-16(18)13-15;/h2-4,13-14,19H,5-12H2,1H3;1H. The van der Waals surface area contributed by atoms with E-state index in [2.05, 4.69) is 33.4 Å². The highest BCUT2D eigenvalue weighted by Crippen LogP contribution is 2.21. The van der Waals surface area contributed by atoms with E-state index < -0.39 is 0 Å². The molecular weight excluding hydrogens is 364 g/mol. The molecule has 1 aliphatic rings. The summed E-state index contributed by atoms with van der Waals surface area (Å²) in [6.07, 6.45) is 5.00. The molecule has 0 unspecified atom stereocenters. The third-order valence-corrected chi connectivity index (χ3v) is 4.78. The van der Waals surface area contributed by atoms with Gasteiger partial charge in [0.1, 0.15) is 0 Å². The maximum Gasteiger partial charge on any atom is 0.222 e. The molecule has 0 radical (unpaired) electrons. The van der Waals surface area contributed by atoms with E-state index in [9.17, 15) is 4.79 Å². The largest absolute Gasteiger partial charge is 0.343 e. The van der Waals surface area contributed by atoms with Crippen molar-refractivity contribution in [3.05, 3.63) is 34.3 Å². The van der Waals surface area contributed by atoms with Gasteiger partial charge in [0.15, 0.2) is 0 Å². The summed E-state index contributed by atoms with van der Waals surface area (Å²) in [4.78, 5) is 14.3. The molecule has 0 aromatic heterocycles. The molecule has 1 N–H and O–H groups in total. The minimum absolute atomic E-state index is 0. The first-order valence-electron chi connectivity index (χ1n) is 7.86. The first-order chi connectivity index (χ1) is 10.2. The van der Waals surface area contributed by atoms with Gasteiger partial charge in [-0.3, -0.25) is 4.79 Å². The van der Waals surface area contributed by atoms with Crippen LogP contribution in [0.4, 0.5) is 0 Å². The van der Waals surface area contributed by atoms with Gasteiger partial charge in [0, 0.05) is 24.0 Å². The molecule has 0 spiro atoms. The van der Waals surface area contributed by atoms with Crippen molar-refractivity contribution in [3.63, 3.8) is 0 Å². The second-order valence-electron chi connectivity index (χ2n) is 5.85. The van der Waals surface area contributed by atoms with Gasteiger partial charge < -0.3 is 10.2 Å². The van der Waals surface area contributed by atoms with Crippen LogP contribution < -0.4 is 5.32 Å². The van der Waals surface area contributed by atoms with E-state index in [-0.39, 0.29) is 12.4 Å². The molecule has 5 heteroatoms. The first kappa shape index (κ1) is 19.5. The van der Waals surface area contributed by atoms with E-state index in [1.54, 1.807) is 0 Å². The highest BCUT2D eigenvalue weighted by atomic mass is 79.9. The fourth-order valence-corrected chi connectivity index (χ4v) is 3.37. The number of likely N-dealkylation sites (tertiary alicyclic amines) is 1. The molecule has 1 saturated heterocycles. The summed E-state index contributed by atoms with van der Waals surface area (Å²) >= 11 is 3.47. The highest BCUT2D eigenvalue weighted by Gasteiger charge is 2.22. The van der Waals surface area contributed by atoms with Gasteiger partial charge in [-0.1, -0.05) is 28.1 Å². The first-order valence-corrected chi connectivity index (χ1v) is 8.65. The molecule has 1 aromatic carbocycles. The van der Waals surface area contributed by atoms with Crippen LogP contribution in [0.3, 0.4) is 0 Å². The van der Waals surface area contributed by atoms with Crippen LogP contribution >= 0.6 is 28.3 Å². The van der Waals surface area contributed by atoms with E-state index in [0.717, 1.165) is 49.3 Å². The Labute approximate surface area is 148 Å². The smallest absolute Gasteiger partial charge is 0.222 e. The van der Waals surface area contributed by atoms with Crippen molar-refractivity contribution in [2.24, 2.45) is 5.92 Å². The van der Waals surface area contributed by atoms with Crippen LogP contribution in [0, 0.1) is 5.92 Å². The molecule has 0 aliphatic carbocycles. The lowest BCUT2D eigenvalue weighted by Gasteiger charge is -2.32. The molecule has 1 amide bonds. The zero-order valence-corrected chi connectivity index (χ0v) is 15.6. The topological polar surface area (TPSA) is 32.3 Å². The second kappa shape index (κ2) is 10.2. The molecule has 1 aliphatic heterocycles. The van der Waals surface area contributed by atoms with Gasteiger partial charge in [-0.25, -0.2) is 0 Å². The average molecular weight is 390 g/mol. The monoisotopic (exact) mass is 388 g/mol. The van der Waals surface area contributed by atoms with Crippen LogP contribution in [0.2, 0.25) is 0 Å². The minimum Gasteiger partial charge on any atom is -0.343 e. The Bertz CT molecular complexity index is 462. The number of aryl methyl sites for hydroxylation is 1. The van der Waals surface area contributed by atoms with Gasteiger partial charge in [-0.05, 0) is 62.9 Å². The fraction of sp³-hybridized carbons (Fsp3) is 0.588. The number of halogens is 2. The normalized spacial score (nSPS) is 15.5. The van der Waals surface area contributed by atoms with Gasteiger partial charge in [0.2, 0.25) is 5.91 Å². The summed E-state index contributed by atoms with van der Waals surface area (Å²) in [5.41, 5.74) is 1.22. The summed E-state index contributed by atoms with van der Waals surface area (Å²) in [7, 11) is 2.00. The van der Waals surface area contributed by atoms with Crippen LogP contribution in [0.25, 0.3) is 0 Å². The highest BCUT2D eigenvalue weighted by molar-refractivity contribution is 9.10. The molecule has 1 fully saturated rings. The van der Waals surface area contributed by atoms with Crippen molar-refractivity contribution in [1.82, 2.24) is 10.2 Å². The number of amides is 1. The van der Waals surface area contributed by atoms with E-state index in [4.69, 9.17) is 0 Å². The lowest BCUT2D eigenvalue weighted by atomic mass is 9.93. The number of rotatable bonds is 6. The summed E-state index contributed by atoms with van der Waals surface area (Å²) in [5, 5.41) is 3.21. The number of benzene rings is 1. The molecule has 22 heavy (non-hydrogen) atoms. The second-order valence-corrected chi connectivity index (χ2v) is 6.76. The SMILES string of the molecule is CNCCC1CCN(C(=O)CCc2cccc(Br)c2)CC1.Cl. The maximum absolute atomic E-state index is 12.3. The molecule has 0 atom stereocenters. The quantitative estimate of drug-likeness (QED) is 0.805. The summed E-state index contributed by atoms with van der Waals surface area (Å²) in [6, 6.07) is 8.22. The molecule has 2 rings (SSSR count). The van der Waals surface area contributed by atoms with Gasteiger partial charge in [-0.15, -0.1) is 12.4 Å². The van der Waals surface area contributed by atoms with Crippen molar-refractivity contribution in [3.8, 4) is 0 Å². The minimum atomic E-state index is 0. The number of nitrogens with one attached hydrogen (secondary N) is 1. The lowest BCUT2D eigenvalue weighted by molar-refractivity contribution is -0.132. The molecule has 124 valence electrons. The van der Waals surface area contributed by atoms with Crippen LogP contribution in [-0.2, 0) is 11.2 Å². The van der Waals surface area contributed by atoms with Crippen molar-refractivity contribution in [2.75, 3.05) is 26.7 Å². The molecule has 0 saturated carbocycles. The van der Waals surface area contributed by atoms with Crippen molar-refractivity contribution >= 4 is 34.2 Å². The van der Waals surface area contributed by atoms with Gasteiger partial charge >= 0.3 is 0 Å². The van der Waals surface area contributed by atoms with E-state index in [1.807, 2.05) is 24.1 Å². The zero-order chi connectivity index (χ0) is 15.1. The van der Waals surface area contributed by atoms with Gasteiger partial charge in [0.05, 0.1) is 0 Å². The number of piperidine rings is 1. The van der Waals surface area contributed by atoms with Crippen LogP contribution in [-0.4, -0.2) is 37.5 Å². The molecule has 3 nitrogen and oxygen atoms in total. The van der Waals surface area contributed by atoms with Crippen LogP contribution in [0.15, 0.2) is 28.7 Å². The lowest BCUT2D eigenvalue weighted by Crippen LogP contribution is -2.39. The molecule has 0 bridgehead atoms. The fourth-order valence-electron chi connectivity index (χ4n) is 2.92. The maximum atomic E-state index is 12.3. The molecule has 1 heterocycles. The predicted molar refractivity (Wildman–Crippen MR) is 97.6 cm³/mol. The summed E-state index contributed by atoms with van der Waals surface area (Å²) in [5.74, 6) is 1.09. The number of carbonyl (C=O) groups is 1. The number of hydrogen-bond donors (Lipinski definition) is 1. The Hall–Kier alpha value is -0.580. The van der Waals surface area contributed by atoms with E-state index >= 15 is 0 Å². The molecular formula is C17H26BrClN2O. The predicted octanol–water partition coefficient (Wildman–Crippen LogP) is 3.65. The van der Waals surface area contributed by atoms with Gasteiger partial charge in [0.25, 0.3) is 0 Å². The Morgan fingerprint density at radius 2 is 2.09 bits per heavy atom. The number of hydrogen-bond acceptors (Lipinski definition) is 2. The van der Waals surface area contributed by atoms with Crippen molar-refractivity contribution in [1.29, 1.82) is 0 Å². The van der Waals surface area contributed by atoms with Gasteiger partial charge in [-0.2, -0.15) is 0 Å². The Balaban J connectivity index is 0.00000242. The van der Waals surface area contributed by atoms with Crippen LogP contribution in [0.5, 0.6) is 0 Å². The van der Waals surface area contributed by atoms with Crippen molar-refractivity contribution in [2.45, 2.75) is 32.1 Å². The zero-order valence-electron chi connectivity index (χ0n) is 13.2. The Morgan fingerprint density at radius 1 is 1.36 bits per heavy atom. The van der Waals surface area contributed by atoms with E-state index in [1.165, 1.54) is 12.0 Å². The summed E-state index contributed by atoms with van der Waals surface area (Å²) in [6.45, 7) is 2.96. The van der Waals surface area contributed by atoms with Crippen LogP contribution in [0.1, 0.15) is 31.2 Å². The van der Waals surface area contributed by atoms with E-state index in [0.29, 0.717) is 12.3 Å². The average Bonchev–Trinajstić information content (AvgIpc) is 2.51. The third kappa shape index (κ3) is 6.27. The summed E-state index contributed by atoms with van der Waals surface area (Å²) < 4.78 is 1.08. The number of carbonyl (C=O) groups excluding carboxylic acids is 1. The third-order valence-electron chi connectivity index (χ3n) is 4.29. The Kier molecular flexibility index (Phi) is 9.06. The molecule has 1 aromatic rings. The number of nitrogens with zero attached hydrogens (tertiary/aromatic N) is 1. The van der Waals surface area contributed by atoms with Crippen molar-refractivity contribution < 1.29 is 4.79 Å².